The Kier molecular flexibility index (Phi) is 6.90. The van der Waals surface area contributed by atoms with Crippen LogP contribution in [0.4, 0.5) is 10.1 Å². The molecule has 1 atom stereocenters. The summed E-state index contributed by atoms with van der Waals surface area (Å²) in [6.45, 7) is 1.32. The molecule has 0 bridgehead atoms. The maximum atomic E-state index is 15.7. The fourth-order valence-electron chi connectivity index (χ4n) is 4.24. The Bertz CT molecular complexity index is 1630. The lowest BCUT2D eigenvalue weighted by molar-refractivity contribution is 0.0185. The van der Waals surface area contributed by atoms with Crippen molar-refractivity contribution in [3.05, 3.63) is 65.0 Å². The monoisotopic (exact) mass is 527 g/mol. The van der Waals surface area contributed by atoms with Crippen molar-refractivity contribution >= 4 is 37.6 Å². The molecule has 5 rings (SSSR count). The highest BCUT2D eigenvalue weighted by molar-refractivity contribution is 7.90. The van der Waals surface area contributed by atoms with E-state index in [0.717, 1.165) is 16.3 Å². The minimum atomic E-state index is -4.14. The van der Waals surface area contributed by atoms with Crippen LogP contribution in [0, 0.1) is 5.82 Å². The summed E-state index contributed by atoms with van der Waals surface area (Å²) in [6.07, 6.45) is 5.34. The van der Waals surface area contributed by atoms with Crippen LogP contribution in [0.2, 0.25) is 0 Å². The predicted octanol–water partition coefficient (Wildman–Crippen LogP) is 2.68. The van der Waals surface area contributed by atoms with E-state index in [-0.39, 0.29) is 29.6 Å². The number of halogens is 1. The standard InChI is InChI=1S/C25H26FN5O5S/c1-30-13-18(12-28-30)17-10-20-21(27-11-17)6-4-16-5-7-22(24(26)23(16)25(20)32)29-37(33,34)31(2)14-19-15-35-8-3-9-36-19/h4-7,10-13,19,29H,3,8-9,14-15H2,1-2H3. The van der Waals surface area contributed by atoms with Gasteiger partial charge in [0.05, 0.1) is 35.5 Å². The number of fused-ring (bicyclic) bond motifs is 2. The maximum absolute atomic E-state index is 15.7. The van der Waals surface area contributed by atoms with E-state index in [0.29, 0.717) is 29.7 Å². The van der Waals surface area contributed by atoms with Crippen molar-refractivity contribution in [2.45, 2.75) is 12.5 Å². The summed E-state index contributed by atoms with van der Waals surface area (Å²) in [6, 6.07) is 7.67. The lowest BCUT2D eigenvalue weighted by atomic mass is 10.1. The highest BCUT2D eigenvalue weighted by Gasteiger charge is 2.25. The second-order valence-electron chi connectivity index (χ2n) is 8.92. The van der Waals surface area contributed by atoms with Gasteiger partial charge in [-0.25, -0.2) is 4.39 Å². The molecule has 1 saturated heterocycles. The molecule has 0 saturated carbocycles. The average molecular weight is 528 g/mol. The van der Waals surface area contributed by atoms with Crippen LogP contribution < -0.4 is 10.2 Å². The molecule has 10 nitrogen and oxygen atoms in total. The number of nitrogens with one attached hydrogen (secondary N) is 1. The Morgan fingerprint density at radius 2 is 2.00 bits per heavy atom. The van der Waals surface area contributed by atoms with Crippen molar-refractivity contribution in [3.63, 3.8) is 0 Å². The molecule has 0 aliphatic carbocycles. The largest absolute Gasteiger partial charge is 0.379 e. The van der Waals surface area contributed by atoms with Gasteiger partial charge in [0.1, 0.15) is 0 Å². The highest BCUT2D eigenvalue weighted by Crippen LogP contribution is 2.26. The molecule has 4 aromatic rings. The number of aryl methyl sites for hydroxylation is 1. The van der Waals surface area contributed by atoms with Gasteiger partial charge in [0.25, 0.3) is 0 Å². The molecular formula is C25H26FN5O5S. The summed E-state index contributed by atoms with van der Waals surface area (Å²) < 4.78 is 57.7. The number of benzene rings is 1. The van der Waals surface area contributed by atoms with Crippen LogP contribution in [0.3, 0.4) is 0 Å². The number of rotatable bonds is 6. The van der Waals surface area contributed by atoms with Crippen molar-refractivity contribution in [2.24, 2.45) is 7.05 Å². The first-order chi connectivity index (χ1) is 17.7. The topological polar surface area (TPSA) is 116 Å². The molecule has 3 heterocycles. The van der Waals surface area contributed by atoms with Crippen LogP contribution in [-0.4, -0.2) is 67.0 Å². The van der Waals surface area contributed by atoms with Crippen LogP contribution >= 0.6 is 0 Å². The Labute approximate surface area is 212 Å². The van der Waals surface area contributed by atoms with Crippen molar-refractivity contribution in [2.75, 3.05) is 38.1 Å². The molecule has 1 aliphatic heterocycles. The third-order valence-electron chi connectivity index (χ3n) is 6.22. The molecule has 1 aliphatic rings. The van der Waals surface area contributed by atoms with Gasteiger partial charge in [0, 0.05) is 62.8 Å². The Hall–Kier alpha value is -3.45. The van der Waals surface area contributed by atoms with Crippen molar-refractivity contribution in [1.29, 1.82) is 0 Å². The third kappa shape index (κ3) is 5.18. The summed E-state index contributed by atoms with van der Waals surface area (Å²) in [5.41, 5.74) is 0.878. The van der Waals surface area contributed by atoms with Crippen LogP contribution in [0.25, 0.3) is 32.8 Å². The van der Waals surface area contributed by atoms with E-state index < -0.39 is 27.6 Å². The second-order valence-corrected chi connectivity index (χ2v) is 10.7. The van der Waals surface area contributed by atoms with Crippen molar-refractivity contribution in [1.82, 2.24) is 19.1 Å². The van der Waals surface area contributed by atoms with Crippen molar-refractivity contribution in [3.8, 4) is 11.1 Å². The van der Waals surface area contributed by atoms with Gasteiger partial charge in [-0.05, 0) is 30.0 Å². The molecule has 1 fully saturated rings. The molecular weight excluding hydrogens is 501 g/mol. The van der Waals surface area contributed by atoms with Gasteiger partial charge in [-0.15, -0.1) is 0 Å². The molecule has 194 valence electrons. The van der Waals surface area contributed by atoms with E-state index in [1.54, 1.807) is 48.5 Å². The lowest BCUT2D eigenvalue weighted by Crippen LogP contribution is -2.40. The SMILES string of the molecule is CN(CC1COCCCO1)S(=O)(=O)Nc1ccc2ccc3ncc(-c4cnn(C)c4)cc3c(=O)c2c1F. The first-order valence-corrected chi connectivity index (χ1v) is 13.1. The minimum absolute atomic E-state index is 0.0275. The fourth-order valence-corrected chi connectivity index (χ4v) is 5.20. The van der Waals surface area contributed by atoms with Gasteiger partial charge < -0.3 is 9.47 Å². The summed E-state index contributed by atoms with van der Waals surface area (Å²) in [5, 5.41) is 4.44. The fraction of sp³-hybridized carbons (Fsp3) is 0.320. The third-order valence-corrected chi connectivity index (χ3v) is 7.67. The molecule has 0 spiro atoms. The zero-order valence-corrected chi connectivity index (χ0v) is 21.2. The van der Waals surface area contributed by atoms with E-state index in [1.165, 1.54) is 19.2 Å². The van der Waals surface area contributed by atoms with E-state index in [2.05, 4.69) is 14.8 Å². The Morgan fingerprint density at radius 1 is 1.19 bits per heavy atom. The lowest BCUT2D eigenvalue weighted by Gasteiger charge is -2.23. The number of nitrogens with zero attached hydrogens (tertiary/aromatic N) is 4. The minimum Gasteiger partial charge on any atom is -0.379 e. The molecule has 1 unspecified atom stereocenters. The molecule has 2 aromatic carbocycles. The predicted molar refractivity (Wildman–Crippen MR) is 138 cm³/mol. The average Bonchev–Trinajstić information content (AvgIpc) is 3.07. The zero-order valence-electron chi connectivity index (χ0n) is 20.3. The molecule has 1 N–H and O–H groups in total. The second kappa shape index (κ2) is 10.1. The van der Waals surface area contributed by atoms with Crippen LogP contribution in [-0.2, 0) is 26.7 Å². The van der Waals surface area contributed by atoms with Crippen molar-refractivity contribution < 1.29 is 22.3 Å². The van der Waals surface area contributed by atoms with Gasteiger partial charge >= 0.3 is 10.2 Å². The Balaban J connectivity index is 1.52. The van der Waals surface area contributed by atoms with E-state index in [1.807, 2.05) is 0 Å². The number of hydrogen-bond acceptors (Lipinski definition) is 7. The molecule has 0 amide bonds. The van der Waals surface area contributed by atoms with Gasteiger partial charge in [-0.3, -0.25) is 19.2 Å². The van der Waals surface area contributed by atoms with E-state index in [4.69, 9.17) is 9.47 Å². The van der Waals surface area contributed by atoms with E-state index >= 15 is 4.39 Å². The Morgan fingerprint density at radius 3 is 2.78 bits per heavy atom. The number of pyridine rings is 1. The van der Waals surface area contributed by atoms with Gasteiger partial charge in [-0.2, -0.15) is 17.8 Å². The van der Waals surface area contributed by atoms with Gasteiger partial charge in [-0.1, -0.05) is 12.1 Å². The normalized spacial score (nSPS) is 16.8. The smallest absolute Gasteiger partial charge is 0.301 e. The summed E-state index contributed by atoms with van der Waals surface area (Å²) in [5.74, 6) is -0.960. The van der Waals surface area contributed by atoms with Crippen LogP contribution in [0.1, 0.15) is 6.42 Å². The highest BCUT2D eigenvalue weighted by atomic mass is 32.2. The van der Waals surface area contributed by atoms with E-state index in [9.17, 15) is 13.2 Å². The summed E-state index contributed by atoms with van der Waals surface area (Å²) >= 11 is 0. The molecule has 2 aromatic heterocycles. The quantitative estimate of drug-likeness (QED) is 0.410. The number of hydrogen-bond donors (Lipinski definition) is 1. The summed E-state index contributed by atoms with van der Waals surface area (Å²) in [4.78, 5) is 17.9. The molecule has 12 heteroatoms. The van der Waals surface area contributed by atoms with Crippen LogP contribution in [0.5, 0.6) is 0 Å². The number of anilines is 1. The van der Waals surface area contributed by atoms with Crippen LogP contribution in [0.15, 0.2) is 53.7 Å². The number of likely N-dealkylation sites (N-methyl/N-ethyl adjacent to an activating group) is 1. The molecule has 37 heavy (non-hydrogen) atoms. The zero-order chi connectivity index (χ0) is 26.2. The first kappa shape index (κ1) is 25.2. The summed E-state index contributed by atoms with van der Waals surface area (Å²) in [7, 11) is -1.00. The number of ether oxygens (including phenoxy) is 2. The number of aromatic nitrogens is 3. The molecule has 0 radical (unpaired) electrons. The van der Waals surface area contributed by atoms with Gasteiger partial charge in [0.2, 0.25) is 0 Å². The maximum Gasteiger partial charge on any atom is 0.301 e. The first-order valence-electron chi connectivity index (χ1n) is 11.7. The van der Waals surface area contributed by atoms with Gasteiger partial charge in [0.15, 0.2) is 11.2 Å².